The summed E-state index contributed by atoms with van der Waals surface area (Å²) in [5, 5.41) is 23.6. The molecule has 5 nitrogen and oxygen atoms in total. The van der Waals surface area contributed by atoms with Gasteiger partial charge in [-0.1, -0.05) is 18.2 Å². The molecular weight excluding hydrogens is 361 g/mol. The summed E-state index contributed by atoms with van der Waals surface area (Å²) in [4.78, 5) is 4.11. The van der Waals surface area contributed by atoms with Gasteiger partial charge in [0.2, 0.25) is 5.88 Å². The molecule has 1 saturated carbocycles. The number of aliphatic hydroxyl groups excluding tert-OH is 2. The van der Waals surface area contributed by atoms with Crippen LogP contribution in [-0.4, -0.2) is 40.6 Å². The molecule has 0 aliphatic heterocycles. The van der Waals surface area contributed by atoms with E-state index in [1.165, 1.54) is 19.2 Å². The number of nitrogens with zero attached hydrogens (tertiary/aromatic N) is 1. The number of benzene rings is 1. The molecule has 3 N–H and O–H groups in total. The third kappa shape index (κ3) is 4.40. The van der Waals surface area contributed by atoms with Crippen LogP contribution in [0.5, 0.6) is 5.88 Å². The van der Waals surface area contributed by atoms with Gasteiger partial charge in [-0.15, -0.1) is 0 Å². The van der Waals surface area contributed by atoms with Crippen molar-refractivity contribution >= 4 is 0 Å². The maximum atomic E-state index is 12.8. The van der Waals surface area contributed by atoms with E-state index >= 15 is 0 Å². The van der Waals surface area contributed by atoms with Crippen molar-refractivity contribution in [3.8, 4) is 5.88 Å². The first-order valence-electron chi connectivity index (χ1n) is 8.55. The molecule has 1 heterocycles. The Labute approximate surface area is 154 Å². The van der Waals surface area contributed by atoms with Gasteiger partial charge in [0.15, 0.2) is 0 Å². The van der Waals surface area contributed by atoms with Crippen molar-refractivity contribution in [2.45, 2.75) is 43.3 Å². The van der Waals surface area contributed by atoms with Crippen LogP contribution in [0.2, 0.25) is 0 Å². The minimum atomic E-state index is -4.40. The highest BCUT2D eigenvalue weighted by Crippen LogP contribution is 2.37. The first-order chi connectivity index (χ1) is 12.8. The standard InChI is InChI=1S/C19H21F3N2O3/c1-27-16-7-2-11(9-23-16)10-24-17-14(8-15(25)18(17)26)12-3-5-13(6-4-12)19(20,21)22/h2-7,9,14-15,17-18,24-26H,8,10H2,1H3/t14-,15-,17-,18-/m1/s1. The lowest BCUT2D eigenvalue weighted by molar-refractivity contribution is -0.137. The molecule has 1 aromatic heterocycles. The number of alkyl halides is 3. The van der Waals surface area contributed by atoms with Gasteiger partial charge in [-0.25, -0.2) is 4.98 Å². The fourth-order valence-electron chi connectivity index (χ4n) is 3.42. The van der Waals surface area contributed by atoms with Crippen molar-refractivity contribution in [3.63, 3.8) is 0 Å². The summed E-state index contributed by atoms with van der Waals surface area (Å²) in [6, 6.07) is 7.91. The van der Waals surface area contributed by atoms with Crippen molar-refractivity contribution < 1.29 is 28.1 Å². The van der Waals surface area contributed by atoms with Crippen molar-refractivity contribution in [1.82, 2.24) is 10.3 Å². The largest absolute Gasteiger partial charge is 0.481 e. The first kappa shape index (κ1) is 19.6. The molecule has 1 aliphatic carbocycles. The number of aromatic nitrogens is 1. The molecule has 0 unspecified atom stereocenters. The van der Waals surface area contributed by atoms with Crippen LogP contribution in [0.4, 0.5) is 13.2 Å². The second kappa shape index (κ2) is 7.84. The Morgan fingerprint density at radius 2 is 1.85 bits per heavy atom. The van der Waals surface area contributed by atoms with E-state index in [9.17, 15) is 23.4 Å². The van der Waals surface area contributed by atoms with E-state index in [-0.39, 0.29) is 12.3 Å². The van der Waals surface area contributed by atoms with Crippen LogP contribution in [0.3, 0.4) is 0 Å². The zero-order valence-electron chi connectivity index (χ0n) is 14.6. The average molecular weight is 382 g/mol. The van der Waals surface area contributed by atoms with E-state index in [0.717, 1.165) is 17.7 Å². The molecule has 146 valence electrons. The van der Waals surface area contributed by atoms with Gasteiger partial charge >= 0.3 is 6.18 Å². The van der Waals surface area contributed by atoms with E-state index in [2.05, 4.69) is 10.3 Å². The number of rotatable bonds is 5. The number of pyridine rings is 1. The van der Waals surface area contributed by atoms with Crippen LogP contribution < -0.4 is 10.1 Å². The van der Waals surface area contributed by atoms with Crippen molar-refractivity contribution in [2.24, 2.45) is 0 Å². The molecular formula is C19H21F3N2O3. The number of methoxy groups -OCH3 is 1. The van der Waals surface area contributed by atoms with Gasteiger partial charge in [0.05, 0.1) is 24.9 Å². The molecule has 0 spiro atoms. The Bertz CT molecular complexity index is 750. The van der Waals surface area contributed by atoms with E-state index in [4.69, 9.17) is 4.74 Å². The number of nitrogens with one attached hydrogen (secondary N) is 1. The summed E-state index contributed by atoms with van der Waals surface area (Å²) in [5.74, 6) is 0.182. The lowest BCUT2D eigenvalue weighted by Crippen LogP contribution is -2.41. The summed E-state index contributed by atoms with van der Waals surface area (Å²) in [5.41, 5.74) is 0.777. The van der Waals surface area contributed by atoms with Gasteiger partial charge in [0, 0.05) is 30.8 Å². The third-order valence-corrected chi connectivity index (χ3v) is 4.91. The van der Waals surface area contributed by atoms with Gasteiger partial charge in [0.1, 0.15) is 0 Å². The van der Waals surface area contributed by atoms with Crippen molar-refractivity contribution in [2.75, 3.05) is 7.11 Å². The fraction of sp³-hybridized carbons (Fsp3) is 0.421. The molecule has 1 fully saturated rings. The Hall–Kier alpha value is -2.16. The topological polar surface area (TPSA) is 74.6 Å². The maximum Gasteiger partial charge on any atom is 0.416 e. The Morgan fingerprint density at radius 1 is 1.15 bits per heavy atom. The van der Waals surface area contributed by atoms with Crippen molar-refractivity contribution in [1.29, 1.82) is 0 Å². The van der Waals surface area contributed by atoms with E-state index < -0.39 is 30.0 Å². The van der Waals surface area contributed by atoms with Crippen LogP contribution in [-0.2, 0) is 12.7 Å². The smallest absolute Gasteiger partial charge is 0.416 e. The SMILES string of the molecule is COc1ccc(CN[C@H]2[C@H](O)[C@H](O)C[C@@H]2c2ccc(C(F)(F)F)cc2)cn1. The molecule has 27 heavy (non-hydrogen) atoms. The second-order valence-electron chi connectivity index (χ2n) is 6.64. The molecule has 8 heteroatoms. The number of aliphatic hydroxyl groups is 2. The van der Waals surface area contributed by atoms with Gasteiger partial charge in [-0.05, 0) is 29.7 Å². The van der Waals surface area contributed by atoms with Crippen LogP contribution in [0.25, 0.3) is 0 Å². The molecule has 1 aliphatic rings. The molecule has 0 radical (unpaired) electrons. The summed E-state index contributed by atoms with van der Waals surface area (Å²) in [7, 11) is 1.52. The molecule has 1 aromatic carbocycles. The van der Waals surface area contributed by atoms with Gasteiger partial charge in [-0.3, -0.25) is 0 Å². The van der Waals surface area contributed by atoms with E-state index in [0.29, 0.717) is 18.0 Å². The van der Waals surface area contributed by atoms with Gasteiger partial charge < -0.3 is 20.3 Å². The first-order valence-corrected chi connectivity index (χ1v) is 8.55. The highest BCUT2D eigenvalue weighted by Gasteiger charge is 2.42. The summed E-state index contributed by atoms with van der Waals surface area (Å²) >= 11 is 0. The van der Waals surface area contributed by atoms with Gasteiger partial charge in [0.25, 0.3) is 0 Å². The summed E-state index contributed by atoms with van der Waals surface area (Å²) < 4.78 is 43.3. The monoisotopic (exact) mass is 382 g/mol. The van der Waals surface area contributed by atoms with Crippen LogP contribution in [0.1, 0.15) is 29.0 Å². The molecule has 0 saturated heterocycles. The number of hydrogen-bond donors (Lipinski definition) is 3. The zero-order chi connectivity index (χ0) is 19.6. The predicted molar refractivity (Wildman–Crippen MR) is 92.2 cm³/mol. The quantitative estimate of drug-likeness (QED) is 0.741. The Balaban J connectivity index is 1.73. The minimum Gasteiger partial charge on any atom is -0.481 e. The predicted octanol–water partition coefficient (Wildman–Crippen LogP) is 2.48. The normalized spacial score (nSPS) is 25.6. The van der Waals surface area contributed by atoms with E-state index in [1.54, 1.807) is 12.3 Å². The van der Waals surface area contributed by atoms with Crippen molar-refractivity contribution in [3.05, 3.63) is 59.3 Å². The fourth-order valence-corrected chi connectivity index (χ4v) is 3.42. The molecule has 2 aromatic rings. The molecule has 4 atom stereocenters. The summed E-state index contributed by atoms with van der Waals surface area (Å²) in [6.45, 7) is 0.391. The number of ether oxygens (including phenoxy) is 1. The lowest BCUT2D eigenvalue weighted by Gasteiger charge is -2.24. The highest BCUT2D eigenvalue weighted by atomic mass is 19.4. The third-order valence-electron chi connectivity index (χ3n) is 4.91. The van der Waals surface area contributed by atoms with Gasteiger partial charge in [-0.2, -0.15) is 13.2 Å². The Morgan fingerprint density at radius 3 is 2.41 bits per heavy atom. The Kier molecular flexibility index (Phi) is 5.69. The van der Waals surface area contributed by atoms with Crippen LogP contribution >= 0.6 is 0 Å². The molecule has 0 bridgehead atoms. The molecule has 3 rings (SSSR count). The number of hydrogen-bond acceptors (Lipinski definition) is 5. The number of halogens is 3. The van der Waals surface area contributed by atoms with Crippen LogP contribution in [0, 0.1) is 0 Å². The minimum absolute atomic E-state index is 0.269. The lowest BCUT2D eigenvalue weighted by atomic mass is 9.92. The highest BCUT2D eigenvalue weighted by molar-refractivity contribution is 5.30. The van der Waals surface area contributed by atoms with Crippen LogP contribution in [0.15, 0.2) is 42.6 Å². The maximum absolute atomic E-state index is 12.8. The summed E-state index contributed by atoms with van der Waals surface area (Å²) in [6.07, 6.45) is -4.44. The van der Waals surface area contributed by atoms with E-state index in [1.807, 2.05) is 6.07 Å². The molecule has 0 amide bonds. The second-order valence-corrected chi connectivity index (χ2v) is 6.64. The average Bonchev–Trinajstić information content (AvgIpc) is 2.94. The zero-order valence-corrected chi connectivity index (χ0v) is 14.6.